The van der Waals surface area contributed by atoms with Crippen molar-refractivity contribution in [3.8, 4) is 0 Å². The van der Waals surface area contributed by atoms with Crippen LogP contribution in [-0.2, 0) is 11.2 Å². The fourth-order valence-electron chi connectivity index (χ4n) is 2.09. The van der Waals surface area contributed by atoms with Crippen molar-refractivity contribution in [2.75, 3.05) is 13.6 Å². The summed E-state index contributed by atoms with van der Waals surface area (Å²) < 4.78 is 18.9. The molecular weight excluding hydrogens is 209 g/mol. The van der Waals surface area contributed by atoms with E-state index in [4.69, 9.17) is 4.74 Å². The summed E-state index contributed by atoms with van der Waals surface area (Å²) in [6.45, 7) is 2.31. The minimum Gasteiger partial charge on any atom is -0.454 e. The van der Waals surface area contributed by atoms with Gasteiger partial charge in [0.25, 0.3) is 0 Å². The lowest BCUT2D eigenvalue weighted by Gasteiger charge is -2.34. The van der Waals surface area contributed by atoms with Gasteiger partial charge in [-0.3, -0.25) is 0 Å². The standard InChI is InChI=1S/C12H14FNO2/c1-12(7-14-2)6-9-8(11(15)16-12)4-3-5-10(9)13/h3-5,14H,6-7H2,1-2H3. The zero-order valence-corrected chi connectivity index (χ0v) is 9.34. The lowest BCUT2D eigenvalue weighted by atomic mass is 9.89. The van der Waals surface area contributed by atoms with Crippen molar-refractivity contribution in [1.82, 2.24) is 5.32 Å². The number of nitrogens with one attached hydrogen (secondary N) is 1. The normalized spacial score (nSPS) is 23.8. The van der Waals surface area contributed by atoms with Gasteiger partial charge in [0.15, 0.2) is 0 Å². The molecule has 1 aromatic rings. The number of esters is 1. The second-order valence-electron chi connectivity index (χ2n) is 4.31. The molecule has 2 rings (SSSR count). The lowest BCUT2D eigenvalue weighted by molar-refractivity contribution is -0.0146. The van der Waals surface area contributed by atoms with E-state index in [-0.39, 0.29) is 5.82 Å². The molecule has 1 heterocycles. The van der Waals surface area contributed by atoms with E-state index < -0.39 is 11.6 Å². The molecule has 0 amide bonds. The quantitative estimate of drug-likeness (QED) is 0.772. The van der Waals surface area contributed by atoms with Gasteiger partial charge in [-0.2, -0.15) is 0 Å². The highest BCUT2D eigenvalue weighted by Crippen LogP contribution is 2.29. The minimum atomic E-state index is -0.666. The fourth-order valence-corrected chi connectivity index (χ4v) is 2.09. The topological polar surface area (TPSA) is 38.3 Å². The molecule has 1 aliphatic heterocycles. The molecule has 1 N–H and O–H groups in total. The molecule has 0 aromatic heterocycles. The number of hydrogen-bond acceptors (Lipinski definition) is 3. The van der Waals surface area contributed by atoms with Crippen molar-refractivity contribution in [3.05, 3.63) is 35.1 Å². The largest absolute Gasteiger partial charge is 0.454 e. The van der Waals surface area contributed by atoms with Crippen LogP contribution >= 0.6 is 0 Å². The van der Waals surface area contributed by atoms with Crippen LogP contribution in [0.1, 0.15) is 22.8 Å². The van der Waals surface area contributed by atoms with E-state index in [9.17, 15) is 9.18 Å². The summed E-state index contributed by atoms with van der Waals surface area (Å²) in [5, 5.41) is 2.95. The summed E-state index contributed by atoms with van der Waals surface area (Å²) in [4.78, 5) is 11.7. The second kappa shape index (κ2) is 3.87. The zero-order chi connectivity index (χ0) is 11.8. The Morgan fingerprint density at radius 2 is 2.31 bits per heavy atom. The molecule has 0 radical (unpaired) electrons. The van der Waals surface area contributed by atoms with Crippen LogP contribution in [0.3, 0.4) is 0 Å². The molecule has 0 fully saturated rings. The monoisotopic (exact) mass is 223 g/mol. The first-order valence-corrected chi connectivity index (χ1v) is 5.21. The number of cyclic esters (lactones) is 1. The van der Waals surface area contributed by atoms with Crippen LogP contribution in [0.5, 0.6) is 0 Å². The minimum absolute atomic E-state index is 0.337. The van der Waals surface area contributed by atoms with Crippen LogP contribution in [0.4, 0.5) is 4.39 Å². The third-order valence-electron chi connectivity index (χ3n) is 2.78. The highest BCUT2D eigenvalue weighted by molar-refractivity contribution is 5.92. The van der Waals surface area contributed by atoms with E-state index in [1.54, 1.807) is 20.0 Å². The Morgan fingerprint density at radius 3 is 3.00 bits per heavy atom. The SMILES string of the molecule is CNCC1(C)Cc2c(F)cccc2C(=O)O1. The zero-order valence-electron chi connectivity index (χ0n) is 9.34. The van der Waals surface area contributed by atoms with Crippen LogP contribution in [0, 0.1) is 5.82 Å². The van der Waals surface area contributed by atoms with Gasteiger partial charge < -0.3 is 10.1 Å². The van der Waals surface area contributed by atoms with Crippen molar-refractivity contribution in [1.29, 1.82) is 0 Å². The Kier molecular flexibility index (Phi) is 2.68. The van der Waals surface area contributed by atoms with Gasteiger partial charge in [0.2, 0.25) is 0 Å². The van der Waals surface area contributed by atoms with Crippen molar-refractivity contribution in [3.63, 3.8) is 0 Å². The summed E-state index contributed by atoms with van der Waals surface area (Å²) in [6, 6.07) is 4.49. The van der Waals surface area contributed by atoms with E-state index in [1.165, 1.54) is 12.1 Å². The van der Waals surface area contributed by atoms with Crippen LogP contribution in [0.15, 0.2) is 18.2 Å². The molecule has 1 unspecified atom stereocenters. The molecule has 86 valence electrons. The Balaban J connectivity index is 2.42. The molecule has 1 atom stereocenters. The average molecular weight is 223 g/mol. The number of carbonyl (C=O) groups is 1. The third kappa shape index (κ3) is 1.80. The molecule has 0 saturated carbocycles. The Hall–Kier alpha value is -1.42. The Bertz CT molecular complexity index is 433. The highest BCUT2D eigenvalue weighted by atomic mass is 19.1. The summed E-state index contributed by atoms with van der Waals surface area (Å²) >= 11 is 0. The molecule has 0 bridgehead atoms. The van der Waals surface area contributed by atoms with Crippen molar-refractivity contribution < 1.29 is 13.9 Å². The summed E-state index contributed by atoms with van der Waals surface area (Å²) in [5.41, 5.74) is 0.131. The number of benzene rings is 1. The van der Waals surface area contributed by atoms with Gasteiger partial charge in [-0.05, 0) is 26.1 Å². The highest BCUT2D eigenvalue weighted by Gasteiger charge is 2.37. The van der Waals surface area contributed by atoms with Gasteiger partial charge in [-0.15, -0.1) is 0 Å². The van der Waals surface area contributed by atoms with E-state index in [0.717, 1.165) is 0 Å². The maximum Gasteiger partial charge on any atom is 0.339 e. The number of carbonyl (C=O) groups excluding carboxylic acids is 1. The summed E-state index contributed by atoms with van der Waals surface area (Å²) in [7, 11) is 1.77. The predicted molar refractivity (Wildman–Crippen MR) is 57.9 cm³/mol. The van der Waals surface area contributed by atoms with Crippen molar-refractivity contribution >= 4 is 5.97 Å². The van der Waals surface area contributed by atoms with Gasteiger partial charge in [0.1, 0.15) is 11.4 Å². The number of halogens is 1. The van der Waals surface area contributed by atoms with Gasteiger partial charge >= 0.3 is 5.97 Å². The Morgan fingerprint density at radius 1 is 1.56 bits per heavy atom. The molecule has 4 heteroatoms. The Labute approximate surface area is 93.6 Å². The van der Waals surface area contributed by atoms with Crippen LogP contribution in [0.25, 0.3) is 0 Å². The smallest absolute Gasteiger partial charge is 0.339 e. The molecule has 1 aromatic carbocycles. The van der Waals surface area contributed by atoms with Crippen LogP contribution in [0.2, 0.25) is 0 Å². The molecule has 1 aliphatic rings. The fraction of sp³-hybridized carbons (Fsp3) is 0.417. The van der Waals surface area contributed by atoms with Gasteiger partial charge in [0, 0.05) is 18.5 Å². The van der Waals surface area contributed by atoms with Crippen LogP contribution < -0.4 is 5.32 Å². The van der Waals surface area contributed by atoms with Crippen molar-refractivity contribution in [2.24, 2.45) is 0 Å². The number of likely N-dealkylation sites (N-methyl/N-ethyl adjacent to an activating group) is 1. The number of ether oxygens (including phenoxy) is 1. The predicted octanol–water partition coefficient (Wildman–Crippen LogP) is 1.52. The third-order valence-corrected chi connectivity index (χ3v) is 2.78. The molecule has 0 aliphatic carbocycles. The summed E-state index contributed by atoms with van der Waals surface area (Å²) in [5.74, 6) is -0.782. The van der Waals surface area contributed by atoms with Crippen molar-refractivity contribution in [2.45, 2.75) is 18.9 Å². The number of fused-ring (bicyclic) bond motifs is 1. The average Bonchev–Trinajstić information content (AvgIpc) is 2.20. The first-order chi connectivity index (χ1) is 7.56. The van der Waals surface area contributed by atoms with Gasteiger partial charge in [-0.1, -0.05) is 6.07 Å². The molecular formula is C12H14FNO2. The second-order valence-corrected chi connectivity index (χ2v) is 4.31. The molecule has 3 nitrogen and oxygen atoms in total. The summed E-state index contributed by atoms with van der Waals surface area (Å²) in [6.07, 6.45) is 0.404. The first kappa shape index (κ1) is 11.1. The van der Waals surface area contributed by atoms with E-state index in [0.29, 0.717) is 24.1 Å². The number of rotatable bonds is 2. The number of hydrogen-bond donors (Lipinski definition) is 1. The van der Waals surface area contributed by atoms with E-state index >= 15 is 0 Å². The van der Waals surface area contributed by atoms with Crippen LogP contribution in [-0.4, -0.2) is 25.2 Å². The first-order valence-electron chi connectivity index (χ1n) is 5.21. The van der Waals surface area contributed by atoms with Gasteiger partial charge in [-0.25, -0.2) is 9.18 Å². The van der Waals surface area contributed by atoms with Gasteiger partial charge in [0.05, 0.1) is 5.56 Å². The molecule has 0 spiro atoms. The maximum atomic E-state index is 13.6. The van der Waals surface area contributed by atoms with E-state index in [1.807, 2.05) is 0 Å². The lowest BCUT2D eigenvalue weighted by Crippen LogP contribution is -2.46. The maximum absolute atomic E-state index is 13.6. The van der Waals surface area contributed by atoms with E-state index in [2.05, 4.69) is 5.32 Å². The molecule has 16 heavy (non-hydrogen) atoms. The molecule has 0 saturated heterocycles.